The molecule has 0 unspecified atom stereocenters. The molecule has 0 aliphatic heterocycles. The van der Waals surface area contributed by atoms with Crippen molar-refractivity contribution < 1.29 is 35.3 Å². The summed E-state index contributed by atoms with van der Waals surface area (Å²) in [5, 5.41) is 0.745. The molecule has 0 N–H and O–H groups in total. The van der Waals surface area contributed by atoms with Crippen molar-refractivity contribution in [3.05, 3.63) is 36.2 Å². The molecule has 0 saturated carbocycles. The second kappa shape index (κ2) is 5.44. The highest BCUT2D eigenvalue weighted by Gasteiger charge is 2.49. The standard InChI is InChI=1S/C12H8F3NO5S/c1-20-11(17)9-4-7-2-3-16-6-8(7)5-10(9)21-22(18,19)12(13,14)15/h2-6H,1H3. The Morgan fingerprint density at radius 3 is 2.50 bits per heavy atom. The third-order valence-corrected chi connectivity index (χ3v) is 3.59. The lowest BCUT2D eigenvalue weighted by atomic mass is 10.1. The second-order valence-corrected chi connectivity index (χ2v) is 5.58. The van der Waals surface area contributed by atoms with Crippen LogP contribution in [0.3, 0.4) is 0 Å². The quantitative estimate of drug-likeness (QED) is 0.486. The molecule has 1 aromatic heterocycles. The number of methoxy groups -OCH3 is 1. The Morgan fingerprint density at radius 2 is 1.91 bits per heavy atom. The molecule has 0 spiro atoms. The van der Waals surface area contributed by atoms with Crippen LogP contribution in [0.4, 0.5) is 13.2 Å². The van der Waals surface area contributed by atoms with Crippen LogP contribution in [-0.4, -0.2) is 32.0 Å². The summed E-state index contributed by atoms with van der Waals surface area (Å²) in [6.07, 6.45) is 2.68. The number of ether oxygens (including phenoxy) is 1. The number of nitrogens with zero attached hydrogens (tertiary/aromatic N) is 1. The normalized spacial score (nSPS) is 12.2. The number of halogens is 3. The van der Waals surface area contributed by atoms with Gasteiger partial charge in [0.15, 0.2) is 5.75 Å². The van der Waals surface area contributed by atoms with Crippen molar-refractivity contribution in [2.45, 2.75) is 5.51 Å². The van der Waals surface area contributed by atoms with Crippen LogP contribution >= 0.6 is 0 Å². The van der Waals surface area contributed by atoms with Gasteiger partial charge in [0.1, 0.15) is 5.56 Å². The number of fused-ring (bicyclic) bond motifs is 1. The summed E-state index contributed by atoms with van der Waals surface area (Å²) in [4.78, 5) is 15.4. The first-order valence-corrected chi connectivity index (χ1v) is 7.03. The molecule has 0 aliphatic rings. The smallest absolute Gasteiger partial charge is 0.465 e. The highest BCUT2D eigenvalue weighted by atomic mass is 32.2. The Kier molecular flexibility index (Phi) is 3.96. The molecule has 0 fully saturated rings. The zero-order valence-corrected chi connectivity index (χ0v) is 11.7. The molecule has 2 rings (SSSR count). The van der Waals surface area contributed by atoms with Gasteiger partial charge in [0.25, 0.3) is 0 Å². The van der Waals surface area contributed by atoms with Crippen molar-refractivity contribution in [1.29, 1.82) is 0 Å². The van der Waals surface area contributed by atoms with Crippen LogP contribution in [0, 0.1) is 0 Å². The summed E-state index contributed by atoms with van der Waals surface area (Å²) < 4.78 is 67.9. The average molecular weight is 335 g/mol. The van der Waals surface area contributed by atoms with Crippen molar-refractivity contribution >= 4 is 26.9 Å². The minimum atomic E-state index is -5.91. The molecular formula is C12H8F3NO5S. The molecule has 118 valence electrons. The lowest BCUT2D eigenvalue weighted by Crippen LogP contribution is -2.28. The van der Waals surface area contributed by atoms with Crippen LogP contribution in [0.1, 0.15) is 10.4 Å². The maximum Gasteiger partial charge on any atom is 0.534 e. The summed E-state index contributed by atoms with van der Waals surface area (Å²) in [5.74, 6) is -1.82. The van der Waals surface area contributed by atoms with Crippen LogP contribution in [0.15, 0.2) is 30.6 Å². The van der Waals surface area contributed by atoms with E-state index in [4.69, 9.17) is 0 Å². The SMILES string of the molecule is COC(=O)c1cc2ccncc2cc1OS(=O)(=O)C(F)(F)F. The number of hydrogen-bond acceptors (Lipinski definition) is 6. The van der Waals surface area contributed by atoms with Crippen molar-refractivity contribution in [3.8, 4) is 5.75 Å². The number of hydrogen-bond donors (Lipinski definition) is 0. The first-order valence-electron chi connectivity index (χ1n) is 5.62. The fourth-order valence-corrected chi connectivity index (χ4v) is 2.09. The van der Waals surface area contributed by atoms with E-state index in [1.165, 1.54) is 18.5 Å². The monoisotopic (exact) mass is 335 g/mol. The Balaban J connectivity index is 2.63. The van der Waals surface area contributed by atoms with Gasteiger partial charge in [0.2, 0.25) is 0 Å². The van der Waals surface area contributed by atoms with Gasteiger partial charge in [-0.1, -0.05) is 0 Å². The van der Waals surface area contributed by atoms with Crippen LogP contribution in [0.2, 0.25) is 0 Å². The summed E-state index contributed by atoms with van der Waals surface area (Å²) in [5.41, 5.74) is -6.07. The summed E-state index contributed by atoms with van der Waals surface area (Å²) in [6, 6.07) is 3.62. The van der Waals surface area contributed by atoms with Gasteiger partial charge in [-0.25, -0.2) is 4.79 Å². The molecule has 0 amide bonds. The molecular weight excluding hydrogens is 327 g/mol. The maximum atomic E-state index is 12.4. The lowest BCUT2D eigenvalue weighted by Gasteiger charge is -2.13. The topological polar surface area (TPSA) is 82.6 Å². The number of esters is 1. The van der Waals surface area contributed by atoms with E-state index in [9.17, 15) is 26.4 Å². The first kappa shape index (κ1) is 16.0. The first-order chi connectivity index (χ1) is 10.2. The van der Waals surface area contributed by atoms with Crippen molar-refractivity contribution in [2.24, 2.45) is 0 Å². The van der Waals surface area contributed by atoms with Gasteiger partial charge in [0.05, 0.1) is 7.11 Å². The molecule has 0 aliphatic carbocycles. The van der Waals surface area contributed by atoms with Crippen LogP contribution in [-0.2, 0) is 14.9 Å². The van der Waals surface area contributed by atoms with E-state index in [0.29, 0.717) is 10.8 Å². The van der Waals surface area contributed by atoms with Crippen LogP contribution in [0.5, 0.6) is 5.75 Å². The molecule has 22 heavy (non-hydrogen) atoms. The van der Waals surface area contributed by atoms with Gasteiger partial charge < -0.3 is 8.92 Å². The average Bonchev–Trinajstić information content (AvgIpc) is 2.44. The van der Waals surface area contributed by atoms with E-state index in [2.05, 4.69) is 13.9 Å². The fraction of sp³-hybridized carbons (Fsp3) is 0.167. The Hall–Kier alpha value is -2.36. The van der Waals surface area contributed by atoms with Gasteiger partial charge in [-0.2, -0.15) is 21.6 Å². The van der Waals surface area contributed by atoms with E-state index in [-0.39, 0.29) is 0 Å². The molecule has 1 aromatic carbocycles. The maximum absolute atomic E-state index is 12.4. The summed E-state index contributed by atoms with van der Waals surface area (Å²) in [7, 11) is -4.91. The predicted octanol–water partition coefficient (Wildman–Crippen LogP) is 2.25. The largest absolute Gasteiger partial charge is 0.534 e. The van der Waals surface area contributed by atoms with E-state index < -0.39 is 32.9 Å². The molecule has 0 bridgehead atoms. The van der Waals surface area contributed by atoms with Gasteiger partial charge >= 0.3 is 21.6 Å². The molecule has 0 saturated heterocycles. The number of carbonyl (C=O) groups is 1. The minimum absolute atomic E-state index is 0.294. The number of alkyl halides is 3. The number of aromatic nitrogens is 1. The number of pyridine rings is 1. The van der Waals surface area contributed by atoms with E-state index in [0.717, 1.165) is 19.2 Å². The number of benzene rings is 1. The molecule has 6 nitrogen and oxygen atoms in total. The van der Waals surface area contributed by atoms with Gasteiger partial charge in [0, 0.05) is 17.8 Å². The summed E-state index contributed by atoms with van der Waals surface area (Å²) in [6.45, 7) is 0. The zero-order valence-electron chi connectivity index (χ0n) is 10.9. The van der Waals surface area contributed by atoms with E-state index in [1.807, 2.05) is 0 Å². The Labute approximate surface area is 122 Å². The predicted molar refractivity (Wildman–Crippen MR) is 68.7 cm³/mol. The van der Waals surface area contributed by atoms with Crippen molar-refractivity contribution in [1.82, 2.24) is 4.98 Å². The number of carbonyl (C=O) groups excluding carboxylic acids is 1. The van der Waals surface area contributed by atoms with Crippen molar-refractivity contribution in [2.75, 3.05) is 7.11 Å². The van der Waals surface area contributed by atoms with E-state index in [1.54, 1.807) is 0 Å². The highest BCUT2D eigenvalue weighted by molar-refractivity contribution is 7.88. The van der Waals surface area contributed by atoms with Gasteiger partial charge in [-0.15, -0.1) is 0 Å². The molecule has 0 atom stereocenters. The highest BCUT2D eigenvalue weighted by Crippen LogP contribution is 2.32. The Bertz CT molecular complexity index is 832. The van der Waals surface area contributed by atoms with E-state index >= 15 is 0 Å². The summed E-state index contributed by atoms with van der Waals surface area (Å²) >= 11 is 0. The lowest BCUT2D eigenvalue weighted by molar-refractivity contribution is -0.0500. The minimum Gasteiger partial charge on any atom is -0.465 e. The fourth-order valence-electron chi connectivity index (χ4n) is 1.62. The van der Waals surface area contributed by atoms with Crippen molar-refractivity contribution in [3.63, 3.8) is 0 Å². The molecule has 1 heterocycles. The van der Waals surface area contributed by atoms with Crippen LogP contribution in [0.25, 0.3) is 10.8 Å². The molecule has 10 heteroatoms. The third kappa shape index (κ3) is 2.96. The van der Waals surface area contributed by atoms with Crippen LogP contribution < -0.4 is 4.18 Å². The van der Waals surface area contributed by atoms with Gasteiger partial charge in [-0.05, 0) is 23.6 Å². The van der Waals surface area contributed by atoms with Gasteiger partial charge in [-0.3, -0.25) is 4.98 Å². The molecule has 0 radical (unpaired) electrons. The molecule has 2 aromatic rings. The number of rotatable bonds is 3. The second-order valence-electron chi connectivity index (χ2n) is 4.05. The zero-order chi connectivity index (χ0) is 16.5. The Morgan fingerprint density at radius 1 is 1.23 bits per heavy atom. The third-order valence-electron chi connectivity index (χ3n) is 2.63.